The highest BCUT2D eigenvalue weighted by atomic mass is 32.1. The zero-order valence-electron chi connectivity index (χ0n) is 10.9. The fourth-order valence-corrected chi connectivity index (χ4v) is 2.54. The Balaban J connectivity index is 2.86. The third kappa shape index (κ3) is 3.51. The summed E-state index contributed by atoms with van der Waals surface area (Å²) in [6.07, 6.45) is 2.76. The second-order valence-corrected chi connectivity index (χ2v) is 5.10. The maximum absolute atomic E-state index is 11.0. The van der Waals surface area contributed by atoms with E-state index in [9.17, 15) is 4.79 Å². The van der Waals surface area contributed by atoms with Crippen molar-refractivity contribution in [3.63, 3.8) is 0 Å². The molecule has 0 radical (unpaired) electrons. The average Bonchev–Trinajstić information content (AvgIpc) is 2.72. The number of ether oxygens (including phenoxy) is 1. The predicted octanol–water partition coefficient (Wildman–Crippen LogP) is 2.38. The summed E-state index contributed by atoms with van der Waals surface area (Å²) in [6.45, 7) is 4.81. The van der Waals surface area contributed by atoms with Crippen LogP contribution in [0.25, 0.3) is 0 Å². The van der Waals surface area contributed by atoms with E-state index in [0.29, 0.717) is 6.61 Å². The van der Waals surface area contributed by atoms with Gasteiger partial charge in [-0.3, -0.25) is 4.79 Å². The van der Waals surface area contributed by atoms with Crippen molar-refractivity contribution in [2.75, 3.05) is 25.7 Å². The molecule has 96 valence electrons. The monoisotopic (exact) mass is 256 g/mol. The van der Waals surface area contributed by atoms with Gasteiger partial charge in [-0.2, -0.15) is 0 Å². The second-order valence-electron chi connectivity index (χ2n) is 4.09. The molecule has 0 bridgehead atoms. The Morgan fingerprint density at radius 2 is 2.29 bits per heavy atom. The van der Waals surface area contributed by atoms with E-state index in [4.69, 9.17) is 4.74 Å². The summed E-state index contributed by atoms with van der Waals surface area (Å²) in [5.74, 6) is 0. The van der Waals surface area contributed by atoms with Gasteiger partial charge in [-0.25, -0.2) is 4.98 Å². The van der Waals surface area contributed by atoms with Gasteiger partial charge in [0.15, 0.2) is 11.4 Å². The van der Waals surface area contributed by atoms with Gasteiger partial charge in [-0.05, 0) is 13.3 Å². The largest absolute Gasteiger partial charge is 0.383 e. The molecule has 1 aromatic heterocycles. The molecule has 1 aromatic rings. The second kappa shape index (κ2) is 6.71. The molecule has 0 amide bonds. The van der Waals surface area contributed by atoms with Gasteiger partial charge in [0.25, 0.3) is 0 Å². The maximum atomic E-state index is 11.0. The minimum atomic E-state index is 0.250. The molecule has 1 unspecified atom stereocenters. The summed E-state index contributed by atoms with van der Waals surface area (Å²) in [5.41, 5.74) is 0.916. The zero-order chi connectivity index (χ0) is 12.8. The lowest BCUT2D eigenvalue weighted by molar-refractivity contribution is 0.112. The topological polar surface area (TPSA) is 42.4 Å². The highest BCUT2D eigenvalue weighted by Gasteiger charge is 2.16. The third-order valence-electron chi connectivity index (χ3n) is 2.68. The highest BCUT2D eigenvalue weighted by Crippen LogP contribution is 2.26. The number of thiazole rings is 1. The Hall–Kier alpha value is -0.940. The van der Waals surface area contributed by atoms with Crippen LogP contribution in [0.3, 0.4) is 0 Å². The number of aromatic nitrogens is 1. The molecule has 0 aromatic carbocycles. The molecule has 0 spiro atoms. The number of aryl methyl sites for hydroxylation is 1. The molecule has 1 atom stereocenters. The summed E-state index contributed by atoms with van der Waals surface area (Å²) >= 11 is 1.45. The van der Waals surface area contributed by atoms with E-state index in [-0.39, 0.29) is 6.04 Å². The van der Waals surface area contributed by atoms with Gasteiger partial charge in [0.1, 0.15) is 0 Å². The van der Waals surface area contributed by atoms with Crippen LogP contribution in [0.4, 0.5) is 5.13 Å². The SMILES string of the molecule is CCCc1nc(N(C)C(C)COC)sc1C=O. The first-order valence-electron chi connectivity index (χ1n) is 5.80. The molecule has 0 saturated carbocycles. The Bertz CT molecular complexity index is 365. The van der Waals surface area contributed by atoms with E-state index in [1.807, 2.05) is 7.05 Å². The van der Waals surface area contributed by atoms with Crippen LogP contribution >= 0.6 is 11.3 Å². The fourth-order valence-electron chi connectivity index (χ4n) is 1.55. The van der Waals surface area contributed by atoms with Crippen molar-refractivity contribution in [1.29, 1.82) is 0 Å². The predicted molar refractivity (Wildman–Crippen MR) is 71.2 cm³/mol. The van der Waals surface area contributed by atoms with Gasteiger partial charge < -0.3 is 9.64 Å². The highest BCUT2D eigenvalue weighted by molar-refractivity contribution is 7.17. The standard InChI is InChI=1S/C12H20N2O2S/c1-5-6-10-11(7-15)17-12(13-10)14(3)9(2)8-16-4/h7,9H,5-6,8H2,1-4H3. The number of rotatable bonds is 7. The van der Waals surface area contributed by atoms with Crippen LogP contribution < -0.4 is 4.90 Å². The first kappa shape index (κ1) is 14.1. The lowest BCUT2D eigenvalue weighted by Crippen LogP contribution is -2.32. The normalized spacial score (nSPS) is 12.5. The van der Waals surface area contributed by atoms with Crippen LogP contribution in [-0.4, -0.2) is 38.1 Å². The minimum Gasteiger partial charge on any atom is -0.383 e. The summed E-state index contributed by atoms with van der Waals surface area (Å²) in [6, 6.07) is 0.250. The van der Waals surface area contributed by atoms with E-state index in [2.05, 4.69) is 23.7 Å². The number of methoxy groups -OCH3 is 1. The van der Waals surface area contributed by atoms with Crippen molar-refractivity contribution < 1.29 is 9.53 Å². The van der Waals surface area contributed by atoms with Crippen molar-refractivity contribution in [2.24, 2.45) is 0 Å². The summed E-state index contributed by atoms with van der Waals surface area (Å²) in [7, 11) is 3.67. The average molecular weight is 256 g/mol. The van der Waals surface area contributed by atoms with Crippen molar-refractivity contribution in [1.82, 2.24) is 4.98 Å². The molecular weight excluding hydrogens is 236 g/mol. The molecule has 17 heavy (non-hydrogen) atoms. The quantitative estimate of drug-likeness (QED) is 0.702. The van der Waals surface area contributed by atoms with Crippen molar-refractivity contribution in [2.45, 2.75) is 32.7 Å². The molecule has 0 saturated heterocycles. The Kier molecular flexibility index (Phi) is 5.58. The van der Waals surface area contributed by atoms with Gasteiger partial charge in [0, 0.05) is 14.2 Å². The van der Waals surface area contributed by atoms with E-state index >= 15 is 0 Å². The molecule has 4 nitrogen and oxygen atoms in total. The van der Waals surface area contributed by atoms with Gasteiger partial charge in [0.05, 0.1) is 23.2 Å². The zero-order valence-corrected chi connectivity index (χ0v) is 11.7. The number of aldehydes is 1. The van der Waals surface area contributed by atoms with Crippen molar-refractivity contribution in [3.05, 3.63) is 10.6 Å². The number of hydrogen-bond acceptors (Lipinski definition) is 5. The van der Waals surface area contributed by atoms with Crippen LogP contribution in [0.5, 0.6) is 0 Å². The number of carbonyl (C=O) groups is 1. The van der Waals surface area contributed by atoms with Gasteiger partial charge >= 0.3 is 0 Å². The molecule has 0 N–H and O–H groups in total. The van der Waals surface area contributed by atoms with Gasteiger partial charge in [-0.15, -0.1) is 0 Å². The number of likely N-dealkylation sites (N-methyl/N-ethyl adjacent to an activating group) is 1. The minimum absolute atomic E-state index is 0.250. The Morgan fingerprint density at radius 3 is 2.82 bits per heavy atom. The van der Waals surface area contributed by atoms with Crippen molar-refractivity contribution >= 4 is 22.8 Å². The maximum Gasteiger partial charge on any atom is 0.186 e. The molecule has 0 aliphatic carbocycles. The molecule has 1 rings (SSSR count). The van der Waals surface area contributed by atoms with Crippen LogP contribution in [0, 0.1) is 0 Å². The van der Waals surface area contributed by atoms with E-state index in [1.165, 1.54) is 11.3 Å². The van der Waals surface area contributed by atoms with E-state index in [1.54, 1.807) is 7.11 Å². The van der Waals surface area contributed by atoms with Crippen LogP contribution in [-0.2, 0) is 11.2 Å². The molecule has 1 heterocycles. The van der Waals surface area contributed by atoms with Gasteiger partial charge in [0.2, 0.25) is 0 Å². The lowest BCUT2D eigenvalue weighted by Gasteiger charge is -2.23. The molecular formula is C12H20N2O2S. The van der Waals surface area contributed by atoms with Crippen molar-refractivity contribution in [3.8, 4) is 0 Å². The molecule has 0 aliphatic heterocycles. The van der Waals surface area contributed by atoms with E-state index < -0.39 is 0 Å². The first-order chi connectivity index (χ1) is 8.13. The fraction of sp³-hybridized carbons (Fsp3) is 0.667. The number of carbonyl (C=O) groups excluding carboxylic acids is 1. The van der Waals surface area contributed by atoms with E-state index in [0.717, 1.165) is 34.8 Å². The summed E-state index contributed by atoms with van der Waals surface area (Å²) in [4.78, 5) is 18.3. The molecule has 0 aliphatic rings. The van der Waals surface area contributed by atoms with Gasteiger partial charge in [-0.1, -0.05) is 24.7 Å². The Morgan fingerprint density at radius 1 is 1.59 bits per heavy atom. The summed E-state index contributed by atoms with van der Waals surface area (Å²) < 4.78 is 5.12. The summed E-state index contributed by atoms with van der Waals surface area (Å²) in [5, 5.41) is 0.889. The van der Waals surface area contributed by atoms with Crippen LogP contribution in [0.15, 0.2) is 0 Å². The first-order valence-corrected chi connectivity index (χ1v) is 6.62. The molecule has 0 fully saturated rings. The molecule has 5 heteroatoms. The van der Waals surface area contributed by atoms with Crippen LogP contribution in [0.2, 0.25) is 0 Å². The number of hydrogen-bond donors (Lipinski definition) is 0. The third-order valence-corrected chi connectivity index (χ3v) is 3.79. The lowest BCUT2D eigenvalue weighted by atomic mass is 10.2. The van der Waals surface area contributed by atoms with Crippen LogP contribution in [0.1, 0.15) is 35.6 Å². The Labute approximate surface area is 107 Å². The number of nitrogens with zero attached hydrogens (tertiary/aromatic N) is 2. The smallest absolute Gasteiger partial charge is 0.186 e. The number of anilines is 1.